The minimum Gasteiger partial charge on any atom is -0.399 e. The van der Waals surface area contributed by atoms with E-state index in [1.54, 1.807) is 0 Å². The zero-order chi connectivity index (χ0) is 25.0. The number of hydrogen-bond acceptors (Lipinski definition) is 11. The average Bonchev–Trinajstić information content (AvgIpc) is 2.64. The van der Waals surface area contributed by atoms with Crippen molar-refractivity contribution >= 4 is 59.0 Å². The molecule has 2 aromatic carbocycles. The molecule has 0 unspecified atom stereocenters. The second-order valence-electron chi connectivity index (χ2n) is 6.33. The van der Waals surface area contributed by atoms with Crippen molar-refractivity contribution < 1.29 is 43.3 Å². The summed E-state index contributed by atoms with van der Waals surface area (Å²) in [4.78, 5) is 9.85. The van der Waals surface area contributed by atoms with Crippen LogP contribution in [-0.2, 0) is 39.3 Å². The summed E-state index contributed by atoms with van der Waals surface area (Å²) in [7, 11) is -14.1. The summed E-state index contributed by atoms with van der Waals surface area (Å²) in [5.74, 6) is -1.37. The van der Waals surface area contributed by atoms with Crippen molar-refractivity contribution in [1.82, 2.24) is 0 Å². The molecule has 0 aliphatic carbocycles. The minimum atomic E-state index is -4.98. The summed E-state index contributed by atoms with van der Waals surface area (Å²) in [6, 6.07) is 6.69. The maximum Gasteiger partial charge on any atom is 0.397 e. The zero-order valence-electron chi connectivity index (χ0n) is 16.7. The van der Waals surface area contributed by atoms with E-state index in [1.165, 1.54) is 25.1 Å². The lowest BCUT2D eigenvalue weighted by Gasteiger charge is -2.08. The van der Waals surface area contributed by atoms with Crippen molar-refractivity contribution in [2.24, 2.45) is 10.2 Å². The summed E-state index contributed by atoms with van der Waals surface area (Å²) < 4.78 is 91.3. The smallest absolute Gasteiger partial charge is 0.397 e. The van der Waals surface area contributed by atoms with Gasteiger partial charge in [0.1, 0.15) is 16.3 Å². The molecule has 1 amide bonds. The normalized spacial score (nSPS) is 12.7. The molecule has 33 heavy (non-hydrogen) atoms. The molecule has 2 aromatic rings. The van der Waals surface area contributed by atoms with Gasteiger partial charge in [0.15, 0.2) is 9.84 Å². The van der Waals surface area contributed by atoms with Gasteiger partial charge in [-0.1, -0.05) is 0 Å². The summed E-state index contributed by atoms with van der Waals surface area (Å²) in [6.07, 6.45) is 0. The highest BCUT2D eigenvalue weighted by Gasteiger charge is 2.23. The molecule has 180 valence electrons. The first-order valence-corrected chi connectivity index (χ1v) is 13.1. The average molecular weight is 523 g/mol. The number of benzene rings is 2. The molecule has 5 N–H and O–H groups in total. The van der Waals surface area contributed by atoms with E-state index in [1.807, 2.05) is 0 Å². The van der Waals surface area contributed by atoms with Crippen LogP contribution in [0.15, 0.2) is 56.4 Å². The van der Waals surface area contributed by atoms with Crippen LogP contribution >= 0.6 is 0 Å². The van der Waals surface area contributed by atoms with Gasteiger partial charge in [0.05, 0.1) is 22.9 Å². The first-order chi connectivity index (χ1) is 15.1. The maximum absolute atomic E-state index is 12.3. The van der Waals surface area contributed by atoms with Gasteiger partial charge in [-0.25, -0.2) is 12.6 Å². The Kier molecular flexibility index (Phi) is 7.88. The highest BCUT2D eigenvalue weighted by Crippen LogP contribution is 2.32. The van der Waals surface area contributed by atoms with Gasteiger partial charge in [0.25, 0.3) is 10.1 Å². The van der Waals surface area contributed by atoms with Crippen LogP contribution in [0.2, 0.25) is 0 Å². The highest BCUT2D eigenvalue weighted by atomic mass is 32.3. The number of azo groups is 1. The molecule has 14 nitrogen and oxygen atoms in total. The van der Waals surface area contributed by atoms with Crippen LogP contribution in [-0.4, -0.2) is 52.6 Å². The highest BCUT2D eigenvalue weighted by molar-refractivity contribution is 7.91. The first kappa shape index (κ1) is 26.3. The lowest BCUT2D eigenvalue weighted by molar-refractivity contribution is -0.114. The number of carbonyl (C=O) groups is 1. The number of nitrogens with two attached hydrogens (primary N) is 1. The van der Waals surface area contributed by atoms with Crippen molar-refractivity contribution in [1.29, 1.82) is 0 Å². The van der Waals surface area contributed by atoms with Gasteiger partial charge in [0, 0.05) is 12.6 Å². The van der Waals surface area contributed by atoms with E-state index in [4.69, 9.17) is 10.3 Å². The molecule has 0 radical (unpaired) electrons. The molecular weight excluding hydrogens is 504 g/mol. The SMILES string of the molecule is CC(=O)Nc1cc(N)ccc1N=Nc1ccc(S(=O)(=O)CCOS(=O)(=O)O)cc1S(=O)(=O)O. The maximum atomic E-state index is 12.3. The number of anilines is 2. The van der Waals surface area contributed by atoms with Gasteiger partial charge in [0.2, 0.25) is 5.91 Å². The van der Waals surface area contributed by atoms with E-state index in [-0.39, 0.29) is 11.4 Å². The Hall–Kier alpha value is -2.96. The predicted octanol–water partition coefficient (Wildman–Crippen LogP) is 1.48. The van der Waals surface area contributed by atoms with E-state index in [0.29, 0.717) is 11.8 Å². The van der Waals surface area contributed by atoms with Crippen LogP contribution in [0.25, 0.3) is 0 Å². The molecular formula is C16H18N4O10S3. The summed E-state index contributed by atoms with van der Waals surface area (Å²) >= 11 is 0. The third-order valence-corrected chi connectivity index (χ3v) is 6.77. The Morgan fingerprint density at radius 3 is 2.18 bits per heavy atom. The zero-order valence-corrected chi connectivity index (χ0v) is 19.2. The molecule has 0 spiro atoms. The Balaban J connectivity index is 2.45. The van der Waals surface area contributed by atoms with Crippen LogP contribution in [0.1, 0.15) is 6.92 Å². The molecule has 0 aromatic heterocycles. The van der Waals surface area contributed by atoms with E-state index in [2.05, 4.69) is 19.7 Å². The van der Waals surface area contributed by atoms with Crippen LogP contribution < -0.4 is 11.1 Å². The number of nitrogens with one attached hydrogen (secondary N) is 1. The Morgan fingerprint density at radius 2 is 1.61 bits per heavy atom. The molecule has 0 aliphatic rings. The molecule has 0 fully saturated rings. The molecule has 0 saturated heterocycles. The fraction of sp³-hybridized carbons (Fsp3) is 0.188. The lowest BCUT2D eigenvalue weighted by Crippen LogP contribution is -2.16. The first-order valence-electron chi connectivity index (χ1n) is 8.63. The van der Waals surface area contributed by atoms with Crippen molar-refractivity contribution in [2.45, 2.75) is 16.7 Å². The second kappa shape index (κ2) is 9.89. The van der Waals surface area contributed by atoms with Crippen molar-refractivity contribution in [3.63, 3.8) is 0 Å². The largest absolute Gasteiger partial charge is 0.399 e. The number of rotatable bonds is 9. The summed E-state index contributed by atoms with van der Waals surface area (Å²) in [5.41, 5.74) is 5.77. The molecule has 0 saturated carbocycles. The number of nitrogens with zero attached hydrogens (tertiary/aromatic N) is 2. The monoisotopic (exact) mass is 522 g/mol. The number of nitrogen functional groups attached to an aromatic ring is 1. The van der Waals surface area contributed by atoms with E-state index < -0.39 is 64.1 Å². The van der Waals surface area contributed by atoms with E-state index >= 15 is 0 Å². The van der Waals surface area contributed by atoms with Crippen LogP contribution in [0, 0.1) is 0 Å². The summed E-state index contributed by atoms with van der Waals surface area (Å²) in [5, 5.41) is 10.0. The van der Waals surface area contributed by atoms with Crippen LogP contribution in [0.3, 0.4) is 0 Å². The van der Waals surface area contributed by atoms with Gasteiger partial charge in [-0.05, 0) is 36.4 Å². The van der Waals surface area contributed by atoms with E-state index in [0.717, 1.165) is 12.1 Å². The second-order valence-corrected chi connectivity index (χ2v) is 10.9. The fourth-order valence-electron chi connectivity index (χ4n) is 2.38. The number of hydrogen-bond donors (Lipinski definition) is 4. The van der Waals surface area contributed by atoms with E-state index in [9.17, 15) is 34.6 Å². The topological polar surface area (TPSA) is 232 Å². The number of amides is 1. The summed E-state index contributed by atoms with van der Waals surface area (Å²) in [6.45, 7) is 0.299. The van der Waals surface area contributed by atoms with Crippen molar-refractivity contribution in [2.75, 3.05) is 23.4 Å². The van der Waals surface area contributed by atoms with Gasteiger partial charge in [-0.15, -0.1) is 10.2 Å². The standard InChI is InChI=1S/C16H18N4O10S3/c1-10(21)18-15-8-11(17)2-4-13(15)19-20-14-5-3-12(9-16(14)32(24,25)26)31(22,23)7-6-30-33(27,28)29/h2-5,8-9H,6-7,17H2,1H3,(H,18,21)(H,24,25,26)(H,27,28,29). The quantitative estimate of drug-likeness (QED) is 0.209. The minimum absolute atomic E-state index is 0.0831. The molecule has 0 aliphatic heterocycles. The Morgan fingerprint density at radius 1 is 1.00 bits per heavy atom. The molecule has 2 rings (SSSR count). The number of sulfone groups is 1. The van der Waals surface area contributed by atoms with Crippen LogP contribution in [0.5, 0.6) is 0 Å². The van der Waals surface area contributed by atoms with Crippen molar-refractivity contribution in [3.05, 3.63) is 36.4 Å². The molecule has 0 bridgehead atoms. The Bertz CT molecular complexity index is 1420. The van der Waals surface area contributed by atoms with Gasteiger partial charge in [-0.2, -0.15) is 16.8 Å². The van der Waals surface area contributed by atoms with Crippen LogP contribution in [0.4, 0.5) is 22.7 Å². The Labute approximate surface area is 189 Å². The predicted molar refractivity (Wildman–Crippen MR) is 115 cm³/mol. The third kappa shape index (κ3) is 7.84. The molecule has 0 heterocycles. The molecule has 17 heteroatoms. The third-order valence-electron chi connectivity index (χ3n) is 3.75. The van der Waals surface area contributed by atoms with Gasteiger partial charge in [-0.3, -0.25) is 13.9 Å². The fourth-order valence-corrected chi connectivity index (χ4v) is 4.62. The van der Waals surface area contributed by atoms with Gasteiger partial charge < -0.3 is 11.1 Å². The lowest BCUT2D eigenvalue weighted by atomic mass is 10.2. The number of carbonyl (C=O) groups excluding carboxylic acids is 1. The molecule has 0 atom stereocenters. The van der Waals surface area contributed by atoms with Crippen molar-refractivity contribution in [3.8, 4) is 0 Å². The van der Waals surface area contributed by atoms with Gasteiger partial charge >= 0.3 is 10.4 Å².